The first-order valence-corrected chi connectivity index (χ1v) is 7.68. The summed E-state index contributed by atoms with van der Waals surface area (Å²) in [7, 11) is 0. The van der Waals surface area contributed by atoms with Gasteiger partial charge in [-0.2, -0.15) is 15.4 Å². The van der Waals surface area contributed by atoms with Gasteiger partial charge in [-0.15, -0.1) is 0 Å². The molecule has 3 rings (SSSR count). The van der Waals surface area contributed by atoms with Crippen molar-refractivity contribution in [2.24, 2.45) is 5.73 Å². The SMILES string of the molecule is NC(=O)c1n[nH]nc1-c1cccc(OCc2ccc(Cl)c(Cl)c2)c1. The minimum absolute atomic E-state index is 0.0802. The van der Waals surface area contributed by atoms with E-state index in [0.29, 0.717) is 33.7 Å². The first kappa shape index (κ1) is 16.3. The number of carbonyl (C=O) groups is 1. The topological polar surface area (TPSA) is 93.9 Å². The van der Waals surface area contributed by atoms with E-state index in [9.17, 15) is 4.79 Å². The van der Waals surface area contributed by atoms with Crippen molar-refractivity contribution in [3.8, 4) is 17.0 Å². The maximum Gasteiger partial charge on any atom is 0.271 e. The maximum absolute atomic E-state index is 11.4. The number of H-pyrrole nitrogens is 1. The van der Waals surface area contributed by atoms with Crippen molar-refractivity contribution >= 4 is 29.1 Å². The molecule has 6 nitrogen and oxygen atoms in total. The lowest BCUT2D eigenvalue weighted by Crippen LogP contribution is -2.12. The molecule has 3 N–H and O–H groups in total. The molecule has 24 heavy (non-hydrogen) atoms. The number of amides is 1. The van der Waals surface area contributed by atoms with E-state index in [1.807, 2.05) is 6.07 Å². The molecule has 8 heteroatoms. The molecule has 1 amide bonds. The summed E-state index contributed by atoms with van der Waals surface area (Å²) in [5, 5.41) is 11.1. The standard InChI is InChI=1S/C16H12Cl2N4O2/c17-12-5-4-9(6-13(12)18)8-24-11-3-1-2-10(7-11)14-15(16(19)23)21-22-20-14/h1-7H,8H2,(H2,19,23)(H,20,21,22). The quantitative estimate of drug-likeness (QED) is 0.726. The zero-order chi connectivity index (χ0) is 17.1. The Morgan fingerprint density at radius 1 is 1.12 bits per heavy atom. The lowest BCUT2D eigenvalue weighted by Gasteiger charge is -2.08. The van der Waals surface area contributed by atoms with Crippen LogP contribution in [0, 0.1) is 0 Å². The maximum atomic E-state index is 11.4. The molecule has 0 aliphatic carbocycles. The second-order valence-corrected chi connectivity index (χ2v) is 5.76. The fourth-order valence-corrected chi connectivity index (χ4v) is 2.45. The Balaban J connectivity index is 1.79. The number of hydrogen-bond donors (Lipinski definition) is 2. The van der Waals surface area contributed by atoms with Crippen molar-refractivity contribution in [2.45, 2.75) is 6.61 Å². The number of benzene rings is 2. The number of primary amides is 1. The molecule has 2 aromatic carbocycles. The van der Waals surface area contributed by atoms with Crippen molar-refractivity contribution in [3.63, 3.8) is 0 Å². The number of ether oxygens (including phenoxy) is 1. The zero-order valence-electron chi connectivity index (χ0n) is 12.3. The van der Waals surface area contributed by atoms with Gasteiger partial charge in [0.05, 0.1) is 10.0 Å². The van der Waals surface area contributed by atoms with Crippen LogP contribution in [-0.4, -0.2) is 21.3 Å². The van der Waals surface area contributed by atoms with Crippen LogP contribution in [-0.2, 0) is 6.61 Å². The predicted octanol–water partition coefficient (Wildman–Crippen LogP) is 3.46. The van der Waals surface area contributed by atoms with Gasteiger partial charge in [0.25, 0.3) is 5.91 Å². The highest BCUT2D eigenvalue weighted by molar-refractivity contribution is 6.42. The fraction of sp³-hybridized carbons (Fsp3) is 0.0625. The first-order valence-electron chi connectivity index (χ1n) is 6.92. The normalized spacial score (nSPS) is 10.6. The average molecular weight is 363 g/mol. The van der Waals surface area contributed by atoms with Gasteiger partial charge in [-0.25, -0.2) is 0 Å². The van der Waals surface area contributed by atoms with Crippen molar-refractivity contribution in [2.75, 3.05) is 0 Å². The summed E-state index contributed by atoms with van der Waals surface area (Å²) in [4.78, 5) is 11.4. The van der Waals surface area contributed by atoms with E-state index in [4.69, 9.17) is 33.7 Å². The molecule has 0 saturated heterocycles. The van der Waals surface area contributed by atoms with Crippen LogP contribution >= 0.6 is 23.2 Å². The van der Waals surface area contributed by atoms with Gasteiger partial charge in [0, 0.05) is 5.56 Å². The molecule has 0 fully saturated rings. The van der Waals surface area contributed by atoms with Gasteiger partial charge >= 0.3 is 0 Å². The van der Waals surface area contributed by atoms with E-state index in [0.717, 1.165) is 5.56 Å². The number of nitrogens with one attached hydrogen (secondary N) is 1. The first-order chi connectivity index (χ1) is 11.5. The molecule has 1 aromatic heterocycles. The molecule has 0 spiro atoms. The van der Waals surface area contributed by atoms with Gasteiger partial charge in [-0.3, -0.25) is 4.79 Å². The van der Waals surface area contributed by atoms with Crippen molar-refractivity contribution in [1.29, 1.82) is 0 Å². The fourth-order valence-electron chi connectivity index (χ4n) is 2.13. The number of carbonyl (C=O) groups excluding carboxylic acids is 1. The lowest BCUT2D eigenvalue weighted by atomic mass is 10.1. The molecule has 0 radical (unpaired) electrons. The highest BCUT2D eigenvalue weighted by Gasteiger charge is 2.15. The molecule has 0 bridgehead atoms. The third kappa shape index (κ3) is 3.50. The number of nitrogens with zero attached hydrogens (tertiary/aromatic N) is 2. The van der Waals surface area contributed by atoms with E-state index in [2.05, 4.69) is 15.4 Å². The molecule has 0 saturated carbocycles. The number of aromatic amines is 1. The number of rotatable bonds is 5. The summed E-state index contributed by atoms with van der Waals surface area (Å²) in [6.07, 6.45) is 0. The van der Waals surface area contributed by atoms with Crippen LogP contribution in [0.15, 0.2) is 42.5 Å². The summed E-state index contributed by atoms with van der Waals surface area (Å²) >= 11 is 11.9. The highest BCUT2D eigenvalue weighted by Crippen LogP contribution is 2.26. The van der Waals surface area contributed by atoms with Crippen molar-refractivity contribution in [3.05, 3.63) is 63.8 Å². The average Bonchev–Trinajstić information content (AvgIpc) is 3.06. The molecular formula is C16H12Cl2N4O2. The molecule has 0 aliphatic heterocycles. The number of halogens is 2. The smallest absolute Gasteiger partial charge is 0.271 e. The van der Waals surface area contributed by atoms with Crippen LogP contribution in [0.25, 0.3) is 11.3 Å². The number of aromatic nitrogens is 3. The van der Waals surface area contributed by atoms with E-state index >= 15 is 0 Å². The Kier molecular flexibility index (Phi) is 4.69. The van der Waals surface area contributed by atoms with Gasteiger partial charge in [-0.05, 0) is 29.8 Å². The van der Waals surface area contributed by atoms with Crippen LogP contribution in [0.1, 0.15) is 16.1 Å². The Morgan fingerprint density at radius 3 is 2.71 bits per heavy atom. The Morgan fingerprint density at radius 2 is 1.96 bits per heavy atom. The Labute approximate surface area is 147 Å². The molecule has 0 atom stereocenters. The van der Waals surface area contributed by atoms with E-state index in [1.54, 1.807) is 36.4 Å². The van der Waals surface area contributed by atoms with E-state index in [1.165, 1.54) is 0 Å². The minimum atomic E-state index is -0.652. The summed E-state index contributed by atoms with van der Waals surface area (Å²) in [6, 6.07) is 12.4. The minimum Gasteiger partial charge on any atom is -0.489 e. The Hall–Kier alpha value is -2.57. The zero-order valence-corrected chi connectivity index (χ0v) is 13.8. The summed E-state index contributed by atoms with van der Waals surface area (Å²) in [6.45, 7) is 0.321. The second-order valence-electron chi connectivity index (χ2n) is 4.95. The van der Waals surface area contributed by atoms with Gasteiger partial charge < -0.3 is 10.5 Å². The van der Waals surface area contributed by atoms with Crippen LogP contribution in [0.2, 0.25) is 10.0 Å². The van der Waals surface area contributed by atoms with Crippen LogP contribution in [0.4, 0.5) is 0 Å². The largest absolute Gasteiger partial charge is 0.489 e. The third-order valence-electron chi connectivity index (χ3n) is 3.28. The molecule has 122 valence electrons. The van der Waals surface area contributed by atoms with E-state index in [-0.39, 0.29) is 5.69 Å². The van der Waals surface area contributed by atoms with Crippen LogP contribution < -0.4 is 10.5 Å². The van der Waals surface area contributed by atoms with Crippen molar-refractivity contribution < 1.29 is 9.53 Å². The highest BCUT2D eigenvalue weighted by atomic mass is 35.5. The molecular weight excluding hydrogens is 351 g/mol. The van der Waals surface area contributed by atoms with Crippen LogP contribution in [0.3, 0.4) is 0 Å². The molecule has 1 heterocycles. The molecule has 0 unspecified atom stereocenters. The van der Waals surface area contributed by atoms with Crippen molar-refractivity contribution in [1.82, 2.24) is 15.4 Å². The summed E-state index contributed by atoms with van der Waals surface area (Å²) in [5.74, 6) is -0.0436. The number of nitrogens with two attached hydrogens (primary N) is 1. The lowest BCUT2D eigenvalue weighted by molar-refractivity contribution is 0.0996. The van der Waals surface area contributed by atoms with Gasteiger partial charge in [0.1, 0.15) is 18.1 Å². The van der Waals surface area contributed by atoms with Gasteiger partial charge in [0.15, 0.2) is 5.69 Å². The second kappa shape index (κ2) is 6.90. The van der Waals surface area contributed by atoms with Crippen LogP contribution in [0.5, 0.6) is 5.75 Å². The Bertz CT molecular complexity index is 895. The monoisotopic (exact) mass is 362 g/mol. The molecule has 3 aromatic rings. The third-order valence-corrected chi connectivity index (χ3v) is 4.02. The summed E-state index contributed by atoms with van der Waals surface area (Å²) < 4.78 is 5.75. The summed E-state index contributed by atoms with van der Waals surface area (Å²) in [5.41, 5.74) is 7.29. The number of hydrogen-bond acceptors (Lipinski definition) is 4. The van der Waals surface area contributed by atoms with Gasteiger partial charge in [0.2, 0.25) is 0 Å². The molecule has 0 aliphatic rings. The van der Waals surface area contributed by atoms with E-state index < -0.39 is 5.91 Å². The predicted molar refractivity (Wildman–Crippen MR) is 91.1 cm³/mol. The van der Waals surface area contributed by atoms with Gasteiger partial charge in [-0.1, -0.05) is 41.4 Å².